The molecule has 7 nitrogen and oxygen atoms in total. The Hall–Kier alpha value is -3.39. The highest BCUT2D eigenvalue weighted by Crippen LogP contribution is 2.39. The Bertz CT molecular complexity index is 1330. The Morgan fingerprint density at radius 1 is 0.791 bits per heavy atom. The maximum Gasteiger partial charge on any atom is 0.232 e. The van der Waals surface area contributed by atoms with Gasteiger partial charge in [0.1, 0.15) is 11.6 Å². The molecule has 1 aromatic heterocycles. The third-order valence-electron chi connectivity index (χ3n) is 9.63. The van der Waals surface area contributed by atoms with Crippen molar-refractivity contribution < 1.29 is 0 Å². The average Bonchev–Trinajstić information content (AvgIpc) is 3.04. The van der Waals surface area contributed by atoms with Crippen molar-refractivity contribution in [3.63, 3.8) is 0 Å². The zero-order valence-corrected chi connectivity index (χ0v) is 26.7. The summed E-state index contributed by atoms with van der Waals surface area (Å²) in [5.41, 5.74) is 2.80. The van der Waals surface area contributed by atoms with Gasteiger partial charge in [-0.15, -0.1) is 0 Å². The molecule has 3 heterocycles. The fraction of sp³-hybridized carbons (Fsp3) is 0.514. The van der Waals surface area contributed by atoms with E-state index < -0.39 is 0 Å². The minimum atomic E-state index is 0.109. The lowest BCUT2D eigenvalue weighted by Crippen LogP contribution is -2.47. The van der Waals surface area contributed by atoms with Crippen LogP contribution in [0, 0.1) is 11.8 Å². The Balaban J connectivity index is 1.19. The third kappa shape index (κ3) is 7.23. The second-order valence-electron chi connectivity index (χ2n) is 13.1. The predicted octanol–water partition coefficient (Wildman–Crippen LogP) is 6.47. The number of thiocarbonyl (C=S) groups is 1. The van der Waals surface area contributed by atoms with Crippen LogP contribution in [0.15, 0.2) is 66.7 Å². The quantitative estimate of drug-likeness (QED) is 0.301. The van der Waals surface area contributed by atoms with Gasteiger partial charge in [0.15, 0.2) is 5.11 Å². The summed E-state index contributed by atoms with van der Waals surface area (Å²) >= 11 is 5.87. The van der Waals surface area contributed by atoms with Crippen LogP contribution in [-0.2, 0) is 5.41 Å². The van der Waals surface area contributed by atoms with Crippen molar-refractivity contribution in [2.45, 2.75) is 57.8 Å². The molecule has 0 bridgehead atoms. The van der Waals surface area contributed by atoms with Gasteiger partial charge >= 0.3 is 0 Å². The van der Waals surface area contributed by atoms with E-state index in [1.54, 1.807) is 0 Å². The summed E-state index contributed by atoms with van der Waals surface area (Å²) in [7, 11) is 0. The van der Waals surface area contributed by atoms with E-state index in [0.717, 1.165) is 57.4 Å². The Morgan fingerprint density at radius 2 is 1.37 bits per heavy atom. The highest BCUT2D eigenvalue weighted by Gasteiger charge is 2.34. The van der Waals surface area contributed by atoms with E-state index in [4.69, 9.17) is 22.2 Å². The number of nitrogens with one attached hydrogen (secondary N) is 2. The highest BCUT2D eigenvalue weighted by molar-refractivity contribution is 7.80. The summed E-state index contributed by atoms with van der Waals surface area (Å²) in [5.74, 6) is 3.83. The zero-order chi connectivity index (χ0) is 29.6. The van der Waals surface area contributed by atoms with Crippen LogP contribution in [0.2, 0.25) is 0 Å². The lowest BCUT2D eigenvalue weighted by Gasteiger charge is -2.39. The van der Waals surface area contributed by atoms with Crippen LogP contribution >= 0.6 is 12.2 Å². The zero-order valence-electron chi connectivity index (χ0n) is 25.8. The molecule has 1 aliphatic carbocycles. The van der Waals surface area contributed by atoms with Crippen molar-refractivity contribution in [1.29, 1.82) is 0 Å². The van der Waals surface area contributed by atoms with Crippen molar-refractivity contribution in [3.8, 4) is 0 Å². The lowest BCUT2D eigenvalue weighted by atomic mass is 9.69. The van der Waals surface area contributed by atoms with E-state index in [2.05, 4.69) is 106 Å². The SMILES string of the molecule is C[C@@H]1C[C@@H](C)CN(c2cc(N3CCN(c4ccccc4)CC3)nc(NC(=S)NCC3(c4ccccc4)CCCCC3)n2)C1. The van der Waals surface area contributed by atoms with Gasteiger partial charge in [-0.2, -0.15) is 9.97 Å². The lowest BCUT2D eigenvalue weighted by molar-refractivity contribution is 0.292. The van der Waals surface area contributed by atoms with Crippen LogP contribution in [0.5, 0.6) is 0 Å². The molecular weight excluding hydrogens is 551 g/mol. The minimum Gasteiger partial charge on any atom is -0.368 e. The van der Waals surface area contributed by atoms with E-state index in [9.17, 15) is 0 Å². The average molecular weight is 598 g/mol. The molecule has 3 aliphatic rings. The number of hydrogen-bond acceptors (Lipinski definition) is 6. The second kappa shape index (κ2) is 13.5. The minimum absolute atomic E-state index is 0.109. The highest BCUT2D eigenvalue weighted by atomic mass is 32.1. The molecule has 3 fully saturated rings. The number of nitrogens with zero attached hydrogens (tertiary/aromatic N) is 5. The van der Waals surface area contributed by atoms with Crippen LogP contribution in [0.3, 0.4) is 0 Å². The molecule has 2 saturated heterocycles. The topological polar surface area (TPSA) is 59.6 Å². The van der Waals surface area contributed by atoms with Crippen LogP contribution in [0.25, 0.3) is 0 Å². The van der Waals surface area contributed by atoms with Gasteiger partial charge in [-0.3, -0.25) is 0 Å². The summed E-state index contributed by atoms with van der Waals surface area (Å²) in [5, 5.41) is 7.58. The number of benzene rings is 2. The Morgan fingerprint density at radius 3 is 2.02 bits per heavy atom. The largest absolute Gasteiger partial charge is 0.368 e. The van der Waals surface area contributed by atoms with Gasteiger partial charge in [0.2, 0.25) is 5.95 Å². The van der Waals surface area contributed by atoms with Crippen molar-refractivity contribution in [3.05, 3.63) is 72.3 Å². The number of rotatable bonds is 7. The molecule has 3 aromatic rings. The van der Waals surface area contributed by atoms with Gasteiger partial charge in [-0.25, -0.2) is 0 Å². The number of piperazine rings is 1. The van der Waals surface area contributed by atoms with Gasteiger partial charge in [0.25, 0.3) is 0 Å². The predicted molar refractivity (Wildman–Crippen MR) is 183 cm³/mol. The standard InChI is InChI=1S/C35H47N7S/c1-27-22-28(2)25-42(24-27)32-23-31(41-20-18-40(19-21-41)30-14-8-4-9-15-30)37-33(38-32)39-34(43)36-26-35(16-10-5-11-17-35)29-12-6-3-7-13-29/h3-4,6-9,12-15,23,27-28H,5,10-11,16-22,24-26H2,1-2H3,(H2,36,37,38,39,43)/t27-,28-/m1/s1. The van der Waals surface area contributed by atoms with E-state index >= 15 is 0 Å². The van der Waals surface area contributed by atoms with Crippen LogP contribution < -0.4 is 25.3 Å². The monoisotopic (exact) mass is 597 g/mol. The maximum atomic E-state index is 5.87. The van der Waals surface area contributed by atoms with Gasteiger partial charge < -0.3 is 25.3 Å². The maximum absolute atomic E-state index is 5.87. The second-order valence-corrected chi connectivity index (χ2v) is 13.5. The smallest absolute Gasteiger partial charge is 0.232 e. The Labute approximate surface area is 263 Å². The molecule has 6 rings (SSSR count). The summed E-state index contributed by atoms with van der Waals surface area (Å²) in [6.07, 6.45) is 7.46. The first-order chi connectivity index (χ1) is 21.0. The van der Waals surface area contributed by atoms with Gasteiger partial charge in [-0.05, 0) is 61.0 Å². The van der Waals surface area contributed by atoms with E-state index in [-0.39, 0.29) is 5.41 Å². The summed E-state index contributed by atoms with van der Waals surface area (Å²) < 4.78 is 0. The summed E-state index contributed by atoms with van der Waals surface area (Å²) in [4.78, 5) is 17.4. The molecule has 0 unspecified atom stereocenters. The molecule has 8 heteroatoms. The van der Waals surface area contributed by atoms with Gasteiger partial charge in [0.05, 0.1) is 0 Å². The van der Waals surface area contributed by atoms with Crippen molar-refractivity contribution in [2.24, 2.45) is 11.8 Å². The molecule has 2 aromatic carbocycles. The summed E-state index contributed by atoms with van der Waals surface area (Å²) in [6, 6.07) is 23.9. The van der Waals surface area contributed by atoms with Crippen molar-refractivity contribution in [1.82, 2.24) is 15.3 Å². The molecule has 2 N–H and O–H groups in total. The van der Waals surface area contributed by atoms with Crippen LogP contribution in [-0.4, -0.2) is 60.9 Å². The number of para-hydroxylation sites is 1. The molecule has 0 spiro atoms. The van der Waals surface area contributed by atoms with Gasteiger partial charge in [0, 0.05) is 63.0 Å². The van der Waals surface area contributed by atoms with Crippen molar-refractivity contribution in [2.75, 3.05) is 65.8 Å². The van der Waals surface area contributed by atoms with E-state index in [1.165, 1.54) is 49.8 Å². The number of anilines is 4. The first-order valence-corrected chi connectivity index (χ1v) is 16.7. The first-order valence-electron chi connectivity index (χ1n) is 16.3. The molecule has 1 saturated carbocycles. The Kier molecular flexibility index (Phi) is 9.31. The van der Waals surface area contributed by atoms with Crippen LogP contribution in [0.1, 0.15) is 57.9 Å². The molecule has 0 amide bonds. The molecule has 228 valence electrons. The van der Waals surface area contributed by atoms with E-state index in [0.29, 0.717) is 22.9 Å². The van der Waals surface area contributed by atoms with Gasteiger partial charge in [-0.1, -0.05) is 81.6 Å². The molecule has 2 aliphatic heterocycles. The molecule has 43 heavy (non-hydrogen) atoms. The number of piperidine rings is 1. The first kappa shape index (κ1) is 29.7. The molecule has 2 atom stereocenters. The van der Waals surface area contributed by atoms with E-state index in [1.807, 2.05) is 0 Å². The molecule has 0 radical (unpaired) electrons. The normalized spacial score (nSPS) is 22.2. The number of hydrogen-bond donors (Lipinski definition) is 2. The van der Waals surface area contributed by atoms with Crippen molar-refractivity contribution >= 4 is 40.6 Å². The fourth-order valence-corrected chi connectivity index (χ4v) is 7.63. The van der Waals surface area contributed by atoms with Crippen LogP contribution in [0.4, 0.5) is 23.3 Å². The summed E-state index contributed by atoms with van der Waals surface area (Å²) in [6.45, 7) is 11.3. The molecular formula is C35H47N7S. The third-order valence-corrected chi connectivity index (χ3v) is 9.87. The fourth-order valence-electron chi connectivity index (χ4n) is 7.47. The number of aromatic nitrogens is 2.